The van der Waals surface area contributed by atoms with Crippen LogP contribution in [0.15, 0.2) is 66.7 Å². The average molecular weight is 432 g/mol. The zero-order valence-electron chi connectivity index (χ0n) is 16.1. The molecule has 2 N–H and O–H groups in total. The molecule has 0 aromatic heterocycles. The first-order chi connectivity index (χ1) is 14.1. The molecule has 0 heterocycles. The van der Waals surface area contributed by atoms with Crippen LogP contribution in [0.25, 0.3) is 0 Å². The smallest absolute Gasteiger partial charge is 0.163 e. The highest BCUT2D eigenvalue weighted by molar-refractivity contribution is 6.31. The molecule has 0 saturated heterocycles. The molecule has 0 aliphatic carbocycles. The van der Waals surface area contributed by atoms with Crippen molar-refractivity contribution in [2.75, 3.05) is 13.7 Å². The van der Waals surface area contributed by atoms with E-state index in [1.807, 2.05) is 60.7 Å². The molecular weight excluding hydrogens is 409 g/mol. The monoisotopic (exact) mass is 431 g/mol. The molecule has 6 heteroatoms. The first kappa shape index (κ1) is 21.5. The van der Waals surface area contributed by atoms with Crippen LogP contribution >= 0.6 is 23.2 Å². The van der Waals surface area contributed by atoms with Crippen molar-refractivity contribution in [1.82, 2.24) is 5.32 Å². The molecule has 3 aromatic carbocycles. The SMILES string of the molecule is COc1cc(CNCC(O)c2ccccc2)c(Cl)cc1OCc1cccc(Cl)c1. The Labute approximate surface area is 181 Å². The van der Waals surface area contributed by atoms with E-state index in [0.717, 1.165) is 16.7 Å². The Balaban J connectivity index is 1.61. The summed E-state index contributed by atoms with van der Waals surface area (Å²) in [5.41, 5.74) is 2.68. The van der Waals surface area contributed by atoms with E-state index < -0.39 is 6.10 Å². The predicted octanol–water partition coefficient (Wildman–Crippen LogP) is 5.40. The van der Waals surface area contributed by atoms with Gasteiger partial charge in [-0.25, -0.2) is 0 Å². The lowest BCUT2D eigenvalue weighted by Gasteiger charge is -2.16. The fraction of sp³-hybridized carbons (Fsp3) is 0.217. The molecule has 0 spiro atoms. The van der Waals surface area contributed by atoms with E-state index in [9.17, 15) is 5.11 Å². The molecule has 0 aliphatic heterocycles. The molecule has 1 unspecified atom stereocenters. The highest BCUT2D eigenvalue weighted by atomic mass is 35.5. The van der Waals surface area contributed by atoms with Crippen molar-refractivity contribution in [2.24, 2.45) is 0 Å². The van der Waals surface area contributed by atoms with E-state index in [4.69, 9.17) is 32.7 Å². The number of aliphatic hydroxyl groups excluding tert-OH is 1. The van der Waals surface area contributed by atoms with Gasteiger partial charge in [-0.05, 0) is 34.9 Å². The zero-order chi connectivity index (χ0) is 20.6. The maximum absolute atomic E-state index is 10.3. The molecule has 0 saturated carbocycles. The molecule has 0 aliphatic rings. The maximum atomic E-state index is 10.3. The number of aliphatic hydroxyl groups is 1. The quantitative estimate of drug-likeness (QED) is 0.475. The van der Waals surface area contributed by atoms with Gasteiger partial charge in [-0.15, -0.1) is 0 Å². The van der Waals surface area contributed by atoms with E-state index in [1.165, 1.54) is 0 Å². The van der Waals surface area contributed by atoms with E-state index >= 15 is 0 Å². The Morgan fingerprint density at radius 3 is 2.48 bits per heavy atom. The van der Waals surface area contributed by atoms with Gasteiger partial charge in [-0.2, -0.15) is 0 Å². The molecule has 0 amide bonds. The van der Waals surface area contributed by atoms with Gasteiger partial charge >= 0.3 is 0 Å². The van der Waals surface area contributed by atoms with Crippen LogP contribution in [0.5, 0.6) is 11.5 Å². The van der Waals surface area contributed by atoms with E-state index in [0.29, 0.717) is 41.2 Å². The third-order valence-corrected chi connectivity index (χ3v) is 5.04. The Bertz CT molecular complexity index is 935. The number of hydrogen-bond acceptors (Lipinski definition) is 4. The predicted molar refractivity (Wildman–Crippen MR) is 117 cm³/mol. The van der Waals surface area contributed by atoms with Gasteiger partial charge in [-0.1, -0.05) is 65.7 Å². The fourth-order valence-corrected chi connectivity index (χ4v) is 3.34. The van der Waals surface area contributed by atoms with Gasteiger partial charge < -0.3 is 19.9 Å². The van der Waals surface area contributed by atoms with Crippen LogP contribution in [-0.2, 0) is 13.2 Å². The Morgan fingerprint density at radius 1 is 0.966 bits per heavy atom. The van der Waals surface area contributed by atoms with Crippen molar-refractivity contribution in [3.63, 3.8) is 0 Å². The van der Waals surface area contributed by atoms with Crippen LogP contribution in [0.1, 0.15) is 22.8 Å². The van der Waals surface area contributed by atoms with Crippen LogP contribution < -0.4 is 14.8 Å². The minimum atomic E-state index is -0.586. The van der Waals surface area contributed by atoms with Gasteiger partial charge in [0.2, 0.25) is 0 Å². The van der Waals surface area contributed by atoms with Crippen molar-refractivity contribution < 1.29 is 14.6 Å². The van der Waals surface area contributed by atoms with Crippen LogP contribution in [-0.4, -0.2) is 18.8 Å². The van der Waals surface area contributed by atoms with E-state index in [-0.39, 0.29) is 0 Å². The molecule has 3 aromatic rings. The van der Waals surface area contributed by atoms with Crippen molar-refractivity contribution >= 4 is 23.2 Å². The van der Waals surface area contributed by atoms with E-state index in [1.54, 1.807) is 13.2 Å². The number of hydrogen-bond donors (Lipinski definition) is 2. The van der Waals surface area contributed by atoms with Gasteiger partial charge in [-0.3, -0.25) is 0 Å². The lowest BCUT2D eigenvalue weighted by atomic mass is 10.1. The summed E-state index contributed by atoms with van der Waals surface area (Å²) in [6.07, 6.45) is -0.586. The lowest BCUT2D eigenvalue weighted by Crippen LogP contribution is -2.21. The van der Waals surface area contributed by atoms with Gasteiger partial charge in [0, 0.05) is 29.2 Å². The summed E-state index contributed by atoms with van der Waals surface area (Å²) in [5, 5.41) is 14.7. The molecular formula is C23H23Cl2NO3. The van der Waals surface area contributed by atoms with Crippen LogP contribution in [0.3, 0.4) is 0 Å². The standard InChI is InChI=1S/C23H23Cl2NO3/c1-28-22-11-18(13-26-14-21(27)17-7-3-2-4-8-17)20(25)12-23(22)29-15-16-6-5-9-19(24)10-16/h2-12,21,26-27H,13-15H2,1H3. The summed E-state index contributed by atoms with van der Waals surface area (Å²) in [6.45, 7) is 1.26. The third kappa shape index (κ3) is 6.12. The molecule has 0 bridgehead atoms. The molecule has 3 rings (SSSR count). The van der Waals surface area contributed by atoms with Crippen molar-refractivity contribution in [3.05, 3.63) is 93.5 Å². The molecule has 0 radical (unpaired) electrons. The second-order valence-electron chi connectivity index (χ2n) is 6.57. The summed E-state index contributed by atoms with van der Waals surface area (Å²) < 4.78 is 11.3. The summed E-state index contributed by atoms with van der Waals surface area (Å²) in [6, 6.07) is 20.6. The Morgan fingerprint density at radius 2 is 1.76 bits per heavy atom. The van der Waals surface area contributed by atoms with Gasteiger partial charge in [0.25, 0.3) is 0 Å². The molecule has 152 valence electrons. The minimum Gasteiger partial charge on any atom is -0.493 e. The minimum absolute atomic E-state index is 0.355. The number of methoxy groups -OCH3 is 1. The largest absolute Gasteiger partial charge is 0.493 e. The van der Waals surface area contributed by atoms with Gasteiger partial charge in [0.1, 0.15) is 6.61 Å². The lowest BCUT2D eigenvalue weighted by molar-refractivity contribution is 0.174. The van der Waals surface area contributed by atoms with Crippen molar-refractivity contribution in [2.45, 2.75) is 19.3 Å². The van der Waals surface area contributed by atoms with Crippen LogP contribution in [0, 0.1) is 0 Å². The van der Waals surface area contributed by atoms with Crippen LogP contribution in [0.4, 0.5) is 0 Å². The maximum Gasteiger partial charge on any atom is 0.163 e. The third-order valence-electron chi connectivity index (χ3n) is 4.45. The van der Waals surface area contributed by atoms with Crippen LogP contribution in [0.2, 0.25) is 10.0 Å². The molecule has 4 nitrogen and oxygen atoms in total. The topological polar surface area (TPSA) is 50.7 Å². The summed E-state index contributed by atoms with van der Waals surface area (Å²) >= 11 is 12.5. The molecule has 29 heavy (non-hydrogen) atoms. The Hall–Kier alpha value is -2.24. The summed E-state index contributed by atoms with van der Waals surface area (Å²) in [4.78, 5) is 0. The second-order valence-corrected chi connectivity index (χ2v) is 7.41. The van der Waals surface area contributed by atoms with Crippen molar-refractivity contribution in [3.8, 4) is 11.5 Å². The number of benzene rings is 3. The number of ether oxygens (including phenoxy) is 2. The summed E-state index contributed by atoms with van der Waals surface area (Å²) in [7, 11) is 1.59. The molecule has 1 atom stereocenters. The number of nitrogens with one attached hydrogen (secondary N) is 1. The number of halogens is 2. The first-order valence-corrected chi connectivity index (χ1v) is 10.00. The highest BCUT2D eigenvalue weighted by Gasteiger charge is 2.12. The van der Waals surface area contributed by atoms with Crippen molar-refractivity contribution in [1.29, 1.82) is 0 Å². The molecule has 0 fully saturated rings. The van der Waals surface area contributed by atoms with E-state index in [2.05, 4.69) is 5.32 Å². The van der Waals surface area contributed by atoms with Gasteiger partial charge in [0.05, 0.1) is 13.2 Å². The first-order valence-electron chi connectivity index (χ1n) is 9.24. The normalized spacial score (nSPS) is 11.9. The fourth-order valence-electron chi connectivity index (χ4n) is 2.91. The summed E-state index contributed by atoms with van der Waals surface area (Å²) in [5.74, 6) is 1.15. The number of rotatable bonds is 9. The second kappa shape index (κ2) is 10.5. The Kier molecular flexibility index (Phi) is 7.78. The average Bonchev–Trinajstić information content (AvgIpc) is 2.74. The van der Waals surface area contributed by atoms with Gasteiger partial charge in [0.15, 0.2) is 11.5 Å². The highest BCUT2D eigenvalue weighted by Crippen LogP contribution is 2.34. The zero-order valence-corrected chi connectivity index (χ0v) is 17.6.